The van der Waals surface area contributed by atoms with Crippen LogP contribution in [0, 0.1) is 23.2 Å². The molecule has 1 heterocycles. The molecule has 0 amide bonds. The van der Waals surface area contributed by atoms with Gasteiger partial charge in [0.25, 0.3) is 0 Å². The third-order valence-corrected chi connectivity index (χ3v) is 3.40. The summed E-state index contributed by atoms with van der Waals surface area (Å²) in [7, 11) is 0. The average Bonchev–Trinajstić information content (AvgIpc) is 2.89. The molecule has 19 heavy (non-hydrogen) atoms. The minimum absolute atomic E-state index is 0.172. The molecule has 0 saturated heterocycles. The molecule has 4 nitrogen and oxygen atoms in total. The van der Waals surface area contributed by atoms with Crippen LogP contribution < -0.4 is 0 Å². The Balaban J connectivity index is 2.48. The predicted molar refractivity (Wildman–Crippen MR) is 71.8 cm³/mol. The molecule has 0 radical (unpaired) electrons. The number of carbonyl (C=O) groups is 1. The normalized spacial score (nSPS) is 9.26. The smallest absolute Gasteiger partial charge is 0.347 e. The van der Waals surface area contributed by atoms with Crippen LogP contribution in [-0.4, -0.2) is 16.1 Å². The van der Waals surface area contributed by atoms with Crippen molar-refractivity contribution in [2.75, 3.05) is 0 Å². The van der Waals surface area contributed by atoms with E-state index >= 15 is 0 Å². The SMILES string of the molecule is CC#Cc1ccc(-c2ncc(C(=O)O)s2)cc1C#N. The van der Waals surface area contributed by atoms with Gasteiger partial charge in [0, 0.05) is 11.1 Å². The molecule has 0 aliphatic heterocycles. The van der Waals surface area contributed by atoms with Gasteiger partial charge in [0.2, 0.25) is 0 Å². The lowest BCUT2D eigenvalue weighted by Gasteiger charge is -1.99. The molecule has 1 aromatic heterocycles. The Hall–Kier alpha value is -2.63. The largest absolute Gasteiger partial charge is 0.477 e. The lowest BCUT2D eigenvalue weighted by molar-refractivity contribution is 0.0702. The first-order valence-corrected chi connectivity index (χ1v) is 6.13. The number of aromatic carboxylic acids is 1. The first kappa shape index (κ1) is 12.8. The van der Waals surface area contributed by atoms with E-state index in [1.165, 1.54) is 6.20 Å². The monoisotopic (exact) mass is 268 g/mol. The predicted octanol–water partition coefficient (Wildman–Crippen LogP) is 2.75. The molecule has 0 fully saturated rings. The first-order valence-electron chi connectivity index (χ1n) is 5.32. The highest BCUT2D eigenvalue weighted by molar-refractivity contribution is 7.16. The molecule has 0 unspecified atom stereocenters. The number of benzene rings is 1. The molecule has 0 bridgehead atoms. The summed E-state index contributed by atoms with van der Waals surface area (Å²) in [5.74, 6) is 4.59. The van der Waals surface area contributed by atoms with Crippen molar-refractivity contribution >= 4 is 17.3 Å². The van der Waals surface area contributed by atoms with Gasteiger partial charge in [0.05, 0.1) is 11.8 Å². The molecule has 0 saturated carbocycles. The third kappa shape index (κ3) is 2.62. The summed E-state index contributed by atoms with van der Waals surface area (Å²) >= 11 is 1.08. The van der Waals surface area contributed by atoms with Crippen molar-refractivity contribution in [1.82, 2.24) is 4.98 Å². The number of hydrogen-bond donors (Lipinski definition) is 1. The van der Waals surface area contributed by atoms with Crippen molar-refractivity contribution < 1.29 is 9.90 Å². The molecule has 92 valence electrons. The Morgan fingerprint density at radius 3 is 2.79 bits per heavy atom. The van der Waals surface area contributed by atoms with Gasteiger partial charge in [-0.3, -0.25) is 0 Å². The highest BCUT2D eigenvalue weighted by atomic mass is 32.1. The summed E-state index contributed by atoms with van der Waals surface area (Å²) in [6.45, 7) is 1.70. The molecule has 0 atom stereocenters. The fourth-order valence-corrected chi connectivity index (χ4v) is 2.27. The molecule has 5 heteroatoms. The van der Waals surface area contributed by atoms with Crippen molar-refractivity contribution in [3.63, 3.8) is 0 Å². The zero-order valence-corrected chi connectivity index (χ0v) is 10.8. The van der Waals surface area contributed by atoms with Gasteiger partial charge in [-0.1, -0.05) is 12.0 Å². The Kier molecular flexibility index (Phi) is 3.61. The minimum atomic E-state index is -1.00. The number of nitriles is 1. The summed E-state index contributed by atoms with van der Waals surface area (Å²) in [6, 6.07) is 7.27. The summed E-state index contributed by atoms with van der Waals surface area (Å²) < 4.78 is 0. The van der Waals surface area contributed by atoms with E-state index in [1.807, 2.05) is 0 Å². The number of aromatic nitrogens is 1. The van der Waals surface area contributed by atoms with E-state index in [4.69, 9.17) is 10.4 Å². The summed E-state index contributed by atoms with van der Waals surface area (Å²) in [6.07, 6.45) is 1.31. The molecular weight excluding hydrogens is 260 g/mol. The average molecular weight is 268 g/mol. The summed E-state index contributed by atoms with van der Waals surface area (Å²) in [5.41, 5.74) is 1.83. The van der Waals surface area contributed by atoms with Gasteiger partial charge < -0.3 is 5.11 Å². The van der Waals surface area contributed by atoms with E-state index in [9.17, 15) is 4.79 Å². The van der Waals surface area contributed by atoms with E-state index in [0.29, 0.717) is 16.1 Å². The van der Waals surface area contributed by atoms with Crippen LogP contribution in [0.2, 0.25) is 0 Å². The Bertz CT molecular complexity index is 745. The van der Waals surface area contributed by atoms with Crippen LogP contribution in [0.5, 0.6) is 0 Å². The Morgan fingerprint density at radius 2 is 2.21 bits per heavy atom. The van der Waals surface area contributed by atoms with Crippen LogP contribution in [0.4, 0.5) is 0 Å². The lowest BCUT2D eigenvalue weighted by atomic mass is 10.1. The fourth-order valence-electron chi connectivity index (χ4n) is 1.52. The number of carboxylic acid groups (broad SMARTS) is 1. The van der Waals surface area contributed by atoms with Crippen LogP contribution in [0.25, 0.3) is 10.6 Å². The highest BCUT2D eigenvalue weighted by Crippen LogP contribution is 2.26. The van der Waals surface area contributed by atoms with E-state index in [1.54, 1.807) is 25.1 Å². The number of thiazole rings is 1. The van der Waals surface area contributed by atoms with Crippen LogP contribution in [0.15, 0.2) is 24.4 Å². The van der Waals surface area contributed by atoms with Crippen molar-refractivity contribution in [1.29, 1.82) is 5.26 Å². The Morgan fingerprint density at radius 1 is 1.42 bits per heavy atom. The summed E-state index contributed by atoms with van der Waals surface area (Å²) in [5, 5.41) is 18.5. The van der Waals surface area contributed by atoms with Gasteiger partial charge in [-0.2, -0.15) is 5.26 Å². The Labute approximate surface area is 114 Å². The van der Waals surface area contributed by atoms with Crippen LogP contribution in [0.1, 0.15) is 27.7 Å². The van der Waals surface area contributed by atoms with Gasteiger partial charge in [-0.05, 0) is 19.1 Å². The number of hydrogen-bond acceptors (Lipinski definition) is 4. The topological polar surface area (TPSA) is 74.0 Å². The van der Waals surface area contributed by atoms with Crippen molar-refractivity contribution in [3.8, 4) is 28.5 Å². The van der Waals surface area contributed by atoms with Gasteiger partial charge in [-0.25, -0.2) is 9.78 Å². The molecule has 1 N–H and O–H groups in total. The van der Waals surface area contributed by atoms with E-state index in [0.717, 1.165) is 16.9 Å². The van der Waals surface area contributed by atoms with E-state index < -0.39 is 5.97 Å². The lowest BCUT2D eigenvalue weighted by Crippen LogP contribution is -1.89. The molecule has 2 aromatic rings. The number of carboxylic acids is 1. The van der Waals surface area contributed by atoms with Crippen LogP contribution >= 0.6 is 11.3 Å². The zero-order valence-electron chi connectivity index (χ0n) is 9.97. The molecule has 2 rings (SSSR count). The van der Waals surface area contributed by atoms with Gasteiger partial charge in [0.15, 0.2) is 0 Å². The second kappa shape index (κ2) is 5.34. The van der Waals surface area contributed by atoms with Crippen molar-refractivity contribution in [2.45, 2.75) is 6.92 Å². The standard InChI is InChI=1S/C14H8N2O2S/c1-2-3-9-4-5-10(6-11(9)7-15)13-16-8-12(19-13)14(17)18/h4-6,8H,1H3,(H,17,18). The minimum Gasteiger partial charge on any atom is -0.477 e. The number of rotatable bonds is 2. The van der Waals surface area contributed by atoms with Crippen molar-refractivity contribution in [3.05, 3.63) is 40.4 Å². The van der Waals surface area contributed by atoms with E-state index in [2.05, 4.69) is 22.9 Å². The van der Waals surface area contributed by atoms with Crippen molar-refractivity contribution in [2.24, 2.45) is 0 Å². The maximum Gasteiger partial charge on any atom is 0.347 e. The van der Waals surface area contributed by atoms with E-state index in [-0.39, 0.29) is 4.88 Å². The van der Waals surface area contributed by atoms with Gasteiger partial charge in [0.1, 0.15) is 16.0 Å². The second-order valence-electron chi connectivity index (χ2n) is 3.58. The first-order chi connectivity index (χ1) is 9.15. The molecule has 0 spiro atoms. The molecular formula is C14H8N2O2S. The quantitative estimate of drug-likeness (QED) is 0.850. The van der Waals surface area contributed by atoms with Crippen LogP contribution in [-0.2, 0) is 0 Å². The number of nitrogens with zero attached hydrogens (tertiary/aromatic N) is 2. The zero-order chi connectivity index (χ0) is 13.8. The maximum atomic E-state index is 10.8. The third-order valence-electron chi connectivity index (χ3n) is 2.36. The molecule has 0 aliphatic carbocycles. The molecule has 0 aliphatic rings. The highest BCUT2D eigenvalue weighted by Gasteiger charge is 2.11. The van der Waals surface area contributed by atoms with Crippen LogP contribution in [0.3, 0.4) is 0 Å². The maximum absolute atomic E-state index is 10.8. The van der Waals surface area contributed by atoms with Gasteiger partial charge >= 0.3 is 5.97 Å². The second-order valence-corrected chi connectivity index (χ2v) is 4.61. The fraction of sp³-hybridized carbons (Fsp3) is 0.0714. The summed E-state index contributed by atoms with van der Waals surface area (Å²) in [4.78, 5) is 15.0. The molecule has 1 aromatic carbocycles. The van der Waals surface area contributed by atoms with Gasteiger partial charge in [-0.15, -0.1) is 17.3 Å².